The SMILES string of the molecule is CCN(CCCO)C(=O)C(C)NC(=O)c1ccccc1. The van der Waals surface area contributed by atoms with Crippen molar-refractivity contribution in [2.45, 2.75) is 26.3 Å². The summed E-state index contributed by atoms with van der Waals surface area (Å²) in [6, 6.07) is 8.22. The van der Waals surface area contributed by atoms with Gasteiger partial charge in [0.1, 0.15) is 6.04 Å². The van der Waals surface area contributed by atoms with Crippen molar-refractivity contribution < 1.29 is 14.7 Å². The maximum Gasteiger partial charge on any atom is 0.251 e. The fourth-order valence-electron chi connectivity index (χ4n) is 1.89. The molecule has 1 aromatic rings. The number of carbonyl (C=O) groups excluding carboxylic acids is 2. The van der Waals surface area contributed by atoms with Crippen molar-refractivity contribution in [3.05, 3.63) is 35.9 Å². The average molecular weight is 278 g/mol. The summed E-state index contributed by atoms with van der Waals surface area (Å²) in [6.45, 7) is 4.65. The van der Waals surface area contributed by atoms with Gasteiger partial charge in [0, 0.05) is 25.3 Å². The van der Waals surface area contributed by atoms with Crippen molar-refractivity contribution in [2.24, 2.45) is 0 Å². The zero-order chi connectivity index (χ0) is 15.0. The summed E-state index contributed by atoms with van der Waals surface area (Å²) >= 11 is 0. The Kier molecular flexibility index (Phi) is 6.73. The van der Waals surface area contributed by atoms with Gasteiger partial charge in [-0.25, -0.2) is 0 Å². The Bertz CT molecular complexity index is 434. The number of rotatable bonds is 7. The first-order valence-electron chi connectivity index (χ1n) is 6.85. The highest BCUT2D eigenvalue weighted by molar-refractivity contribution is 5.97. The summed E-state index contributed by atoms with van der Waals surface area (Å²) < 4.78 is 0. The molecule has 2 N–H and O–H groups in total. The van der Waals surface area contributed by atoms with Crippen molar-refractivity contribution in [1.29, 1.82) is 0 Å². The zero-order valence-corrected chi connectivity index (χ0v) is 12.0. The Morgan fingerprint density at radius 3 is 2.50 bits per heavy atom. The molecule has 1 aromatic carbocycles. The Morgan fingerprint density at radius 2 is 1.95 bits per heavy atom. The highest BCUT2D eigenvalue weighted by atomic mass is 16.3. The van der Waals surface area contributed by atoms with E-state index in [-0.39, 0.29) is 18.4 Å². The number of benzene rings is 1. The van der Waals surface area contributed by atoms with Crippen LogP contribution < -0.4 is 5.32 Å². The average Bonchev–Trinajstić information content (AvgIpc) is 2.48. The number of amides is 2. The molecule has 5 heteroatoms. The number of aliphatic hydroxyl groups is 1. The van der Waals surface area contributed by atoms with Crippen LogP contribution >= 0.6 is 0 Å². The van der Waals surface area contributed by atoms with Gasteiger partial charge in [-0.3, -0.25) is 9.59 Å². The first kappa shape index (κ1) is 16.2. The predicted molar refractivity (Wildman–Crippen MR) is 77.3 cm³/mol. The van der Waals surface area contributed by atoms with E-state index in [0.29, 0.717) is 25.1 Å². The second-order valence-corrected chi connectivity index (χ2v) is 4.56. The number of aliphatic hydroxyl groups excluding tert-OH is 1. The van der Waals surface area contributed by atoms with Gasteiger partial charge in [0.05, 0.1) is 0 Å². The third-order valence-corrected chi connectivity index (χ3v) is 3.03. The molecule has 2 amide bonds. The minimum atomic E-state index is -0.582. The minimum Gasteiger partial charge on any atom is -0.396 e. The van der Waals surface area contributed by atoms with E-state index in [2.05, 4.69) is 5.32 Å². The summed E-state index contributed by atoms with van der Waals surface area (Å²) in [5, 5.41) is 11.5. The lowest BCUT2D eigenvalue weighted by Crippen LogP contribution is -2.47. The van der Waals surface area contributed by atoms with Gasteiger partial charge in [0.25, 0.3) is 5.91 Å². The third kappa shape index (κ3) is 4.66. The second kappa shape index (κ2) is 8.32. The fourth-order valence-corrected chi connectivity index (χ4v) is 1.89. The van der Waals surface area contributed by atoms with E-state index >= 15 is 0 Å². The molecule has 1 rings (SSSR count). The Morgan fingerprint density at radius 1 is 1.30 bits per heavy atom. The highest BCUT2D eigenvalue weighted by Crippen LogP contribution is 2.01. The minimum absolute atomic E-state index is 0.0501. The Balaban J connectivity index is 2.58. The number of nitrogens with one attached hydrogen (secondary N) is 1. The predicted octanol–water partition coefficient (Wildman–Crippen LogP) is 1.04. The summed E-state index contributed by atoms with van der Waals surface area (Å²) in [4.78, 5) is 25.8. The quantitative estimate of drug-likeness (QED) is 0.783. The molecule has 0 saturated heterocycles. The van der Waals surface area contributed by atoms with Gasteiger partial charge in [-0.15, -0.1) is 0 Å². The molecule has 0 bridgehead atoms. The van der Waals surface area contributed by atoms with Crippen LogP contribution in [0.2, 0.25) is 0 Å². The number of nitrogens with zero attached hydrogens (tertiary/aromatic N) is 1. The first-order chi connectivity index (χ1) is 9.60. The van der Waals surface area contributed by atoms with E-state index in [1.165, 1.54) is 0 Å². The lowest BCUT2D eigenvalue weighted by atomic mass is 10.2. The van der Waals surface area contributed by atoms with E-state index < -0.39 is 6.04 Å². The summed E-state index contributed by atoms with van der Waals surface area (Å²) in [5.41, 5.74) is 0.533. The maximum absolute atomic E-state index is 12.2. The fraction of sp³-hybridized carbons (Fsp3) is 0.467. The van der Waals surface area contributed by atoms with Crippen molar-refractivity contribution in [3.8, 4) is 0 Å². The number of hydrogen-bond acceptors (Lipinski definition) is 3. The van der Waals surface area contributed by atoms with E-state index in [0.717, 1.165) is 0 Å². The van der Waals surface area contributed by atoms with Crippen LogP contribution in [0.1, 0.15) is 30.6 Å². The van der Waals surface area contributed by atoms with Gasteiger partial charge in [0.2, 0.25) is 5.91 Å². The number of likely N-dealkylation sites (N-methyl/N-ethyl adjacent to an activating group) is 1. The standard InChI is InChI=1S/C15H22N2O3/c1-3-17(10-7-11-18)15(20)12(2)16-14(19)13-8-5-4-6-9-13/h4-6,8-9,12,18H,3,7,10-11H2,1-2H3,(H,16,19). The van der Waals surface area contributed by atoms with Crippen LogP contribution in [-0.4, -0.2) is 47.6 Å². The van der Waals surface area contributed by atoms with Crippen molar-refractivity contribution in [1.82, 2.24) is 10.2 Å². The van der Waals surface area contributed by atoms with Crippen LogP contribution in [0.25, 0.3) is 0 Å². The van der Waals surface area contributed by atoms with Gasteiger partial charge in [-0.2, -0.15) is 0 Å². The van der Waals surface area contributed by atoms with Crippen LogP contribution in [0.5, 0.6) is 0 Å². The van der Waals surface area contributed by atoms with Gasteiger partial charge in [0.15, 0.2) is 0 Å². The molecular formula is C15H22N2O3. The smallest absolute Gasteiger partial charge is 0.251 e. The molecule has 0 aliphatic rings. The third-order valence-electron chi connectivity index (χ3n) is 3.03. The lowest BCUT2D eigenvalue weighted by Gasteiger charge is -2.24. The van der Waals surface area contributed by atoms with Gasteiger partial charge >= 0.3 is 0 Å². The highest BCUT2D eigenvalue weighted by Gasteiger charge is 2.21. The molecule has 110 valence electrons. The number of carbonyl (C=O) groups is 2. The Hall–Kier alpha value is -1.88. The summed E-state index contributed by atoms with van der Waals surface area (Å²) in [5.74, 6) is -0.394. The molecule has 5 nitrogen and oxygen atoms in total. The molecule has 0 fully saturated rings. The Labute approximate surface area is 119 Å². The van der Waals surface area contributed by atoms with E-state index in [9.17, 15) is 9.59 Å². The molecule has 1 unspecified atom stereocenters. The first-order valence-corrected chi connectivity index (χ1v) is 6.85. The van der Waals surface area contributed by atoms with Crippen LogP contribution in [-0.2, 0) is 4.79 Å². The second-order valence-electron chi connectivity index (χ2n) is 4.56. The largest absolute Gasteiger partial charge is 0.396 e. The molecule has 0 aliphatic heterocycles. The van der Waals surface area contributed by atoms with Crippen molar-refractivity contribution >= 4 is 11.8 Å². The van der Waals surface area contributed by atoms with E-state index in [1.807, 2.05) is 13.0 Å². The van der Waals surface area contributed by atoms with Gasteiger partial charge in [-0.1, -0.05) is 18.2 Å². The van der Waals surface area contributed by atoms with Crippen LogP contribution in [0.3, 0.4) is 0 Å². The molecule has 0 heterocycles. The normalized spacial score (nSPS) is 11.8. The topological polar surface area (TPSA) is 69.6 Å². The molecule has 1 atom stereocenters. The molecule has 20 heavy (non-hydrogen) atoms. The van der Waals surface area contributed by atoms with Crippen LogP contribution in [0.4, 0.5) is 0 Å². The van der Waals surface area contributed by atoms with Crippen LogP contribution in [0.15, 0.2) is 30.3 Å². The molecule has 0 aliphatic carbocycles. The van der Waals surface area contributed by atoms with E-state index in [4.69, 9.17) is 5.11 Å². The molecule has 0 aromatic heterocycles. The lowest BCUT2D eigenvalue weighted by molar-refractivity contribution is -0.132. The number of hydrogen-bond donors (Lipinski definition) is 2. The zero-order valence-electron chi connectivity index (χ0n) is 12.0. The molecular weight excluding hydrogens is 256 g/mol. The monoisotopic (exact) mass is 278 g/mol. The molecule has 0 saturated carbocycles. The summed E-state index contributed by atoms with van der Waals surface area (Å²) in [6.07, 6.45) is 0.541. The maximum atomic E-state index is 12.2. The van der Waals surface area contributed by atoms with Crippen molar-refractivity contribution in [3.63, 3.8) is 0 Å². The van der Waals surface area contributed by atoms with Crippen molar-refractivity contribution in [2.75, 3.05) is 19.7 Å². The van der Waals surface area contributed by atoms with Gasteiger partial charge in [-0.05, 0) is 32.4 Å². The molecule has 0 spiro atoms. The summed E-state index contributed by atoms with van der Waals surface area (Å²) in [7, 11) is 0. The van der Waals surface area contributed by atoms with E-state index in [1.54, 1.807) is 36.1 Å². The van der Waals surface area contributed by atoms with Crippen LogP contribution in [0, 0.1) is 0 Å². The van der Waals surface area contributed by atoms with Gasteiger partial charge < -0.3 is 15.3 Å². The molecule has 0 radical (unpaired) electrons.